The van der Waals surface area contributed by atoms with E-state index >= 15 is 0 Å². The second-order valence-electron chi connectivity index (χ2n) is 3.71. The summed E-state index contributed by atoms with van der Waals surface area (Å²) < 4.78 is 12.7. The molecule has 1 atom stereocenters. The lowest BCUT2D eigenvalue weighted by Gasteiger charge is -2.07. The van der Waals surface area contributed by atoms with E-state index in [1.165, 1.54) is 18.3 Å². The van der Waals surface area contributed by atoms with E-state index < -0.39 is 18.0 Å². The lowest BCUT2D eigenvalue weighted by atomic mass is 10.3. The molecular weight excluding hydrogens is 239 g/mol. The molecule has 0 fully saturated rings. The highest BCUT2D eigenvalue weighted by Gasteiger charge is 2.12. The van der Waals surface area contributed by atoms with Crippen LogP contribution in [0.15, 0.2) is 24.5 Å². The molecule has 94 valence electrons. The van der Waals surface area contributed by atoms with Gasteiger partial charge in [0.05, 0.1) is 29.8 Å². The van der Waals surface area contributed by atoms with E-state index in [1.54, 1.807) is 6.92 Å². The van der Waals surface area contributed by atoms with Crippen LogP contribution < -0.4 is 5.32 Å². The van der Waals surface area contributed by atoms with Gasteiger partial charge in [-0.1, -0.05) is 0 Å². The predicted octanol–water partition coefficient (Wildman–Crippen LogP) is 1.94. The largest absolute Gasteiger partial charge is 0.465 e. The molecule has 0 saturated heterocycles. The molecule has 0 spiro atoms. The molecule has 6 nitrogen and oxygen atoms in total. The normalized spacial score (nSPS) is 12.1. The summed E-state index contributed by atoms with van der Waals surface area (Å²) in [5.74, 6) is 0.0536. The van der Waals surface area contributed by atoms with Crippen molar-refractivity contribution in [2.24, 2.45) is 0 Å². The molecule has 2 aromatic rings. The molecule has 2 heterocycles. The maximum Gasteiger partial charge on any atom is 0.405 e. The summed E-state index contributed by atoms with van der Waals surface area (Å²) in [6.45, 7) is 1.66. The Kier molecular flexibility index (Phi) is 3.22. The number of aromatic amines is 1. The van der Waals surface area contributed by atoms with Gasteiger partial charge in [-0.05, 0) is 19.1 Å². The Labute approximate surface area is 102 Å². The Morgan fingerprint density at radius 2 is 2.22 bits per heavy atom. The van der Waals surface area contributed by atoms with Crippen LogP contribution in [0.4, 0.5) is 9.18 Å². The topological polar surface area (TPSA) is 90.9 Å². The number of nitrogens with one attached hydrogen (secondary N) is 2. The van der Waals surface area contributed by atoms with Crippen molar-refractivity contribution in [2.45, 2.75) is 13.0 Å². The fourth-order valence-corrected chi connectivity index (χ4v) is 1.48. The zero-order chi connectivity index (χ0) is 13.1. The van der Waals surface area contributed by atoms with E-state index in [0.29, 0.717) is 17.2 Å². The van der Waals surface area contributed by atoms with Crippen molar-refractivity contribution in [3.63, 3.8) is 0 Å². The summed E-state index contributed by atoms with van der Waals surface area (Å²) in [6.07, 6.45) is 1.50. The summed E-state index contributed by atoms with van der Waals surface area (Å²) in [5, 5.41) is 10.9. The first-order valence-electron chi connectivity index (χ1n) is 5.22. The number of hydrogen-bond acceptors (Lipinski definition) is 3. The maximum atomic E-state index is 12.7. The average molecular weight is 250 g/mol. The molecule has 7 heteroatoms. The maximum absolute atomic E-state index is 12.7. The molecule has 3 N–H and O–H groups in total. The molecule has 18 heavy (non-hydrogen) atoms. The lowest BCUT2D eigenvalue weighted by molar-refractivity contribution is 0.190. The second-order valence-corrected chi connectivity index (χ2v) is 3.71. The Morgan fingerprint density at radius 1 is 1.44 bits per heavy atom. The molecule has 0 saturated carbocycles. The molecule has 0 aliphatic carbocycles. The Bertz CT molecular complexity index is 552. The SMILES string of the molecule is CC(NC(=O)O)c1ncc(-c2ccc(F)cn2)[nH]1. The molecule has 0 aliphatic rings. The highest BCUT2D eigenvalue weighted by atomic mass is 19.1. The van der Waals surface area contributed by atoms with Crippen LogP contribution in [0.3, 0.4) is 0 Å². The van der Waals surface area contributed by atoms with Gasteiger partial charge in [0.15, 0.2) is 0 Å². The van der Waals surface area contributed by atoms with Crippen molar-refractivity contribution >= 4 is 6.09 Å². The Hall–Kier alpha value is -2.44. The van der Waals surface area contributed by atoms with Crippen LogP contribution in [0.1, 0.15) is 18.8 Å². The number of halogens is 1. The first kappa shape index (κ1) is 12.0. The first-order valence-corrected chi connectivity index (χ1v) is 5.22. The van der Waals surface area contributed by atoms with Gasteiger partial charge in [0.1, 0.15) is 11.6 Å². The minimum absolute atomic E-state index is 0.417. The standard InChI is InChI=1S/C11H11FN4O2/c1-6(15-11(17)18)10-14-5-9(16-10)8-3-2-7(12)4-13-8/h2-6,15H,1H3,(H,14,16)(H,17,18). The number of aromatic nitrogens is 3. The summed E-state index contributed by atoms with van der Waals surface area (Å²) in [6, 6.07) is 2.35. The summed E-state index contributed by atoms with van der Waals surface area (Å²) >= 11 is 0. The van der Waals surface area contributed by atoms with Gasteiger partial charge < -0.3 is 15.4 Å². The third-order valence-electron chi connectivity index (χ3n) is 2.35. The highest BCUT2D eigenvalue weighted by Crippen LogP contribution is 2.17. The predicted molar refractivity (Wildman–Crippen MR) is 61.4 cm³/mol. The monoisotopic (exact) mass is 250 g/mol. The van der Waals surface area contributed by atoms with E-state index in [9.17, 15) is 9.18 Å². The molecule has 0 bridgehead atoms. The number of carboxylic acid groups (broad SMARTS) is 1. The van der Waals surface area contributed by atoms with Crippen molar-refractivity contribution in [2.75, 3.05) is 0 Å². The average Bonchev–Trinajstić information content (AvgIpc) is 2.78. The smallest absolute Gasteiger partial charge is 0.405 e. The summed E-state index contributed by atoms with van der Waals surface area (Å²) in [7, 11) is 0. The van der Waals surface area contributed by atoms with Crippen molar-refractivity contribution < 1.29 is 14.3 Å². The van der Waals surface area contributed by atoms with Gasteiger partial charge in [0.25, 0.3) is 0 Å². The van der Waals surface area contributed by atoms with Crippen LogP contribution >= 0.6 is 0 Å². The van der Waals surface area contributed by atoms with Crippen molar-refractivity contribution in [1.29, 1.82) is 0 Å². The van der Waals surface area contributed by atoms with Crippen molar-refractivity contribution in [1.82, 2.24) is 20.3 Å². The lowest BCUT2D eigenvalue weighted by Crippen LogP contribution is -2.25. The molecule has 1 unspecified atom stereocenters. The van der Waals surface area contributed by atoms with E-state index in [1.807, 2.05) is 0 Å². The number of H-pyrrole nitrogens is 1. The molecule has 2 rings (SSSR count). The van der Waals surface area contributed by atoms with E-state index in [0.717, 1.165) is 6.20 Å². The quantitative estimate of drug-likeness (QED) is 0.776. The van der Waals surface area contributed by atoms with E-state index in [-0.39, 0.29) is 0 Å². The van der Waals surface area contributed by atoms with Gasteiger partial charge in [-0.3, -0.25) is 4.98 Å². The summed E-state index contributed by atoms with van der Waals surface area (Å²) in [4.78, 5) is 21.4. The minimum Gasteiger partial charge on any atom is -0.465 e. The molecule has 1 amide bonds. The van der Waals surface area contributed by atoms with Gasteiger partial charge in [0.2, 0.25) is 0 Å². The number of rotatable bonds is 3. The zero-order valence-electron chi connectivity index (χ0n) is 9.51. The minimum atomic E-state index is -1.12. The Balaban J connectivity index is 2.19. The van der Waals surface area contributed by atoms with E-state index in [2.05, 4.69) is 20.3 Å². The van der Waals surface area contributed by atoms with Crippen LogP contribution in [0, 0.1) is 5.82 Å². The number of hydrogen-bond donors (Lipinski definition) is 3. The molecule has 0 aromatic carbocycles. The number of amides is 1. The van der Waals surface area contributed by atoms with Crippen LogP contribution in [-0.4, -0.2) is 26.2 Å². The number of pyridine rings is 1. The van der Waals surface area contributed by atoms with Gasteiger partial charge >= 0.3 is 6.09 Å². The molecule has 0 aliphatic heterocycles. The summed E-state index contributed by atoms with van der Waals surface area (Å²) in [5.41, 5.74) is 1.14. The molecule has 0 radical (unpaired) electrons. The van der Waals surface area contributed by atoms with Gasteiger partial charge in [-0.2, -0.15) is 0 Å². The number of nitrogens with zero attached hydrogens (tertiary/aromatic N) is 2. The highest BCUT2D eigenvalue weighted by molar-refractivity contribution is 5.65. The van der Waals surface area contributed by atoms with Gasteiger partial charge in [-0.25, -0.2) is 14.2 Å². The fraction of sp³-hybridized carbons (Fsp3) is 0.182. The zero-order valence-corrected chi connectivity index (χ0v) is 9.51. The third-order valence-corrected chi connectivity index (χ3v) is 2.35. The van der Waals surface area contributed by atoms with Crippen LogP contribution in [0.2, 0.25) is 0 Å². The fourth-order valence-electron chi connectivity index (χ4n) is 1.48. The van der Waals surface area contributed by atoms with Crippen LogP contribution in [0.25, 0.3) is 11.4 Å². The van der Waals surface area contributed by atoms with Crippen LogP contribution in [-0.2, 0) is 0 Å². The van der Waals surface area contributed by atoms with Gasteiger partial charge in [0, 0.05) is 0 Å². The third kappa shape index (κ3) is 2.62. The number of imidazole rings is 1. The van der Waals surface area contributed by atoms with Crippen LogP contribution in [0.5, 0.6) is 0 Å². The Morgan fingerprint density at radius 3 is 2.83 bits per heavy atom. The molecule has 2 aromatic heterocycles. The van der Waals surface area contributed by atoms with Crippen molar-refractivity contribution in [3.8, 4) is 11.4 Å². The van der Waals surface area contributed by atoms with Gasteiger partial charge in [-0.15, -0.1) is 0 Å². The number of carbonyl (C=O) groups is 1. The first-order chi connectivity index (χ1) is 8.56. The molecular formula is C11H11FN4O2. The van der Waals surface area contributed by atoms with Crippen molar-refractivity contribution in [3.05, 3.63) is 36.2 Å². The second kappa shape index (κ2) is 4.82. The van der Waals surface area contributed by atoms with E-state index in [4.69, 9.17) is 5.11 Å².